The molecule has 0 atom stereocenters. The van der Waals surface area contributed by atoms with Gasteiger partial charge in [-0.2, -0.15) is 0 Å². The Balaban J connectivity index is 1.49. The Morgan fingerprint density at radius 1 is 1.04 bits per heavy atom. The number of para-hydroxylation sites is 1. The maximum Gasteiger partial charge on any atom is 0.411 e. The minimum Gasteiger partial charge on any atom is -0.444 e. The molecule has 0 radical (unpaired) electrons. The van der Waals surface area contributed by atoms with E-state index in [0.717, 1.165) is 55.2 Å². The fourth-order valence-corrected chi connectivity index (χ4v) is 3.06. The predicted octanol–water partition coefficient (Wildman–Crippen LogP) is 3.88. The van der Waals surface area contributed by atoms with Gasteiger partial charge in [0.25, 0.3) is 0 Å². The zero-order valence-corrected chi connectivity index (χ0v) is 15.5. The number of carbonyl (C=O) groups is 1. The third kappa shape index (κ3) is 5.07. The normalized spacial score (nSPS) is 14.8. The number of morpholine rings is 1. The minimum absolute atomic E-state index is 0.259. The van der Waals surface area contributed by atoms with Crippen LogP contribution in [-0.4, -0.2) is 37.3 Å². The number of hydrogen-bond acceptors (Lipinski definition) is 4. The van der Waals surface area contributed by atoms with Gasteiger partial charge >= 0.3 is 6.09 Å². The van der Waals surface area contributed by atoms with Crippen LogP contribution >= 0.6 is 0 Å². The molecule has 1 amide bonds. The van der Waals surface area contributed by atoms with Crippen molar-refractivity contribution in [3.05, 3.63) is 64.7 Å². The summed E-state index contributed by atoms with van der Waals surface area (Å²) in [6, 6.07) is 14.1. The highest BCUT2D eigenvalue weighted by atomic mass is 16.5. The van der Waals surface area contributed by atoms with Crippen LogP contribution in [0.5, 0.6) is 0 Å². The van der Waals surface area contributed by atoms with Gasteiger partial charge in [0.2, 0.25) is 0 Å². The van der Waals surface area contributed by atoms with Crippen LogP contribution in [0.25, 0.3) is 0 Å². The van der Waals surface area contributed by atoms with Crippen LogP contribution in [0.4, 0.5) is 10.5 Å². The van der Waals surface area contributed by atoms with Crippen molar-refractivity contribution < 1.29 is 14.3 Å². The predicted molar refractivity (Wildman–Crippen MR) is 102 cm³/mol. The van der Waals surface area contributed by atoms with Crippen molar-refractivity contribution in [2.45, 2.75) is 27.0 Å². The quantitative estimate of drug-likeness (QED) is 0.885. The first-order chi connectivity index (χ1) is 12.6. The molecule has 0 aliphatic carbocycles. The fraction of sp³-hybridized carbons (Fsp3) is 0.381. The first-order valence-electron chi connectivity index (χ1n) is 9.00. The molecule has 2 aromatic rings. The molecular formula is C21H26N2O3. The van der Waals surface area contributed by atoms with Crippen LogP contribution in [0.3, 0.4) is 0 Å². The van der Waals surface area contributed by atoms with E-state index in [0.29, 0.717) is 0 Å². The van der Waals surface area contributed by atoms with Gasteiger partial charge in [0.1, 0.15) is 6.61 Å². The average molecular weight is 354 g/mol. The first-order valence-corrected chi connectivity index (χ1v) is 9.00. The first kappa shape index (κ1) is 18.4. The van der Waals surface area contributed by atoms with Crippen LogP contribution < -0.4 is 5.32 Å². The molecule has 3 rings (SSSR count). The third-order valence-electron chi connectivity index (χ3n) is 4.61. The number of benzene rings is 2. The van der Waals surface area contributed by atoms with E-state index in [4.69, 9.17) is 9.47 Å². The number of hydrogen-bond donors (Lipinski definition) is 1. The van der Waals surface area contributed by atoms with E-state index in [-0.39, 0.29) is 6.61 Å². The molecule has 26 heavy (non-hydrogen) atoms. The average Bonchev–Trinajstić information content (AvgIpc) is 2.65. The third-order valence-corrected chi connectivity index (χ3v) is 4.61. The van der Waals surface area contributed by atoms with Crippen molar-refractivity contribution >= 4 is 11.8 Å². The summed E-state index contributed by atoms with van der Waals surface area (Å²) in [4.78, 5) is 14.4. The highest BCUT2D eigenvalue weighted by Gasteiger charge is 2.11. The lowest BCUT2D eigenvalue weighted by molar-refractivity contribution is 0.0342. The van der Waals surface area contributed by atoms with Crippen molar-refractivity contribution in [3.8, 4) is 0 Å². The van der Waals surface area contributed by atoms with E-state index in [1.165, 1.54) is 5.56 Å². The maximum atomic E-state index is 12.1. The van der Waals surface area contributed by atoms with Crippen molar-refractivity contribution in [1.82, 2.24) is 4.90 Å². The van der Waals surface area contributed by atoms with Gasteiger partial charge in [-0.25, -0.2) is 4.79 Å². The van der Waals surface area contributed by atoms with Gasteiger partial charge in [-0.3, -0.25) is 10.2 Å². The summed E-state index contributed by atoms with van der Waals surface area (Å²) >= 11 is 0. The van der Waals surface area contributed by atoms with Gasteiger partial charge in [-0.05, 0) is 36.1 Å². The Morgan fingerprint density at radius 2 is 1.65 bits per heavy atom. The lowest BCUT2D eigenvalue weighted by Gasteiger charge is -2.26. The minimum atomic E-state index is -0.431. The van der Waals surface area contributed by atoms with Crippen molar-refractivity contribution in [3.63, 3.8) is 0 Å². The zero-order valence-electron chi connectivity index (χ0n) is 15.5. The number of anilines is 1. The Kier molecular flexibility index (Phi) is 6.26. The molecule has 1 aliphatic heterocycles. The molecule has 2 aromatic carbocycles. The summed E-state index contributed by atoms with van der Waals surface area (Å²) in [7, 11) is 0. The molecule has 5 heteroatoms. The summed E-state index contributed by atoms with van der Waals surface area (Å²) in [5.74, 6) is 0. The summed E-state index contributed by atoms with van der Waals surface area (Å²) in [6.45, 7) is 8.69. The van der Waals surface area contributed by atoms with E-state index < -0.39 is 6.09 Å². The summed E-state index contributed by atoms with van der Waals surface area (Å²) in [5, 5.41) is 2.83. The monoisotopic (exact) mass is 354 g/mol. The van der Waals surface area contributed by atoms with E-state index in [1.807, 2.05) is 44.2 Å². The second kappa shape index (κ2) is 8.83. The van der Waals surface area contributed by atoms with Crippen LogP contribution in [0.2, 0.25) is 0 Å². The topological polar surface area (TPSA) is 50.8 Å². The van der Waals surface area contributed by atoms with Gasteiger partial charge in [-0.1, -0.05) is 42.5 Å². The van der Waals surface area contributed by atoms with Gasteiger partial charge < -0.3 is 9.47 Å². The van der Waals surface area contributed by atoms with Crippen molar-refractivity contribution in [1.29, 1.82) is 0 Å². The molecule has 1 fully saturated rings. The number of nitrogens with zero attached hydrogens (tertiary/aromatic N) is 1. The molecule has 1 heterocycles. The van der Waals surface area contributed by atoms with Crippen molar-refractivity contribution in [2.75, 3.05) is 31.6 Å². The van der Waals surface area contributed by atoms with Crippen LogP contribution in [-0.2, 0) is 22.6 Å². The second-order valence-corrected chi connectivity index (χ2v) is 6.67. The number of carbonyl (C=O) groups excluding carboxylic acids is 1. The van der Waals surface area contributed by atoms with E-state index in [1.54, 1.807) is 0 Å². The largest absolute Gasteiger partial charge is 0.444 e. The molecule has 1 saturated heterocycles. The Labute approximate surface area is 154 Å². The molecule has 0 spiro atoms. The summed E-state index contributed by atoms with van der Waals surface area (Å²) in [6.07, 6.45) is -0.431. The lowest BCUT2D eigenvalue weighted by Crippen LogP contribution is -2.35. The number of nitrogens with one attached hydrogen (secondary N) is 1. The zero-order chi connectivity index (χ0) is 18.4. The van der Waals surface area contributed by atoms with E-state index in [2.05, 4.69) is 22.3 Å². The molecule has 0 saturated carbocycles. The van der Waals surface area contributed by atoms with Gasteiger partial charge in [0.15, 0.2) is 0 Å². The molecule has 138 valence electrons. The van der Waals surface area contributed by atoms with Crippen LogP contribution in [0.1, 0.15) is 22.3 Å². The molecule has 1 aliphatic rings. The Hall–Kier alpha value is -2.37. The second-order valence-electron chi connectivity index (χ2n) is 6.67. The van der Waals surface area contributed by atoms with Gasteiger partial charge in [-0.15, -0.1) is 0 Å². The summed E-state index contributed by atoms with van der Waals surface area (Å²) in [5.41, 5.74) is 5.10. The van der Waals surface area contributed by atoms with Gasteiger partial charge in [0.05, 0.1) is 13.2 Å². The molecule has 0 bridgehead atoms. The molecule has 5 nitrogen and oxygen atoms in total. The van der Waals surface area contributed by atoms with Crippen molar-refractivity contribution in [2.24, 2.45) is 0 Å². The Morgan fingerprint density at radius 3 is 2.31 bits per heavy atom. The van der Waals surface area contributed by atoms with E-state index >= 15 is 0 Å². The molecule has 0 unspecified atom stereocenters. The highest BCUT2D eigenvalue weighted by Crippen LogP contribution is 2.19. The van der Waals surface area contributed by atoms with E-state index in [9.17, 15) is 4.79 Å². The Bertz CT molecular complexity index is 717. The fourth-order valence-electron chi connectivity index (χ4n) is 3.06. The molecular weight excluding hydrogens is 328 g/mol. The molecule has 1 N–H and O–H groups in total. The van der Waals surface area contributed by atoms with Crippen LogP contribution in [0.15, 0.2) is 42.5 Å². The smallest absolute Gasteiger partial charge is 0.411 e. The van der Waals surface area contributed by atoms with Gasteiger partial charge in [0, 0.05) is 25.3 Å². The number of aryl methyl sites for hydroxylation is 2. The summed E-state index contributed by atoms with van der Waals surface area (Å²) < 4.78 is 10.7. The SMILES string of the molecule is Cc1cccc(C)c1NC(=O)OCc1ccc(CN2CCOCC2)cc1. The molecule has 0 aromatic heterocycles. The standard InChI is InChI=1S/C21H26N2O3/c1-16-4-3-5-17(2)20(16)22-21(24)26-15-19-8-6-18(7-9-19)14-23-10-12-25-13-11-23/h3-9H,10-15H2,1-2H3,(H,22,24). The highest BCUT2D eigenvalue weighted by molar-refractivity contribution is 5.86. The number of rotatable bonds is 5. The number of ether oxygens (including phenoxy) is 2. The maximum absolute atomic E-state index is 12.1. The van der Waals surface area contributed by atoms with Crippen LogP contribution in [0, 0.1) is 13.8 Å². The lowest BCUT2D eigenvalue weighted by atomic mass is 10.1. The number of amides is 1.